The number of aliphatic hydroxyl groups is 1. The predicted molar refractivity (Wildman–Crippen MR) is 81.0 cm³/mol. The molecule has 0 aliphatic rings. The lowest BCUT2D eigenvalue weighted by atomic mass is 9.86. The van der Waals surface area contributed by atoms with Crippen molar-refractivity contribution in [2.45, 2.75) is 31.8 Å². The quantitative estimate of drug-likeness (QED) is 0.842. The molecule has 0 bridgehead atoms. The molecule has 1 atom stereocenters. The summed E-state index contributed by atoms with van der Waals surface area (Å²) in [5.74, 6) is 0. The summed E-state index contributed by atoms with van der Waals surface area (Å²) in [7, 11) is 0. The Morgan fingerprint density at radius 2 is 1.94 bits per heavy atom. The van der Waals surface area contributed by atoms with E-state index in [0.29, 0.717) is 6.42 Å². The molecule has 2 aromatic rings. The largest absolute Gasteiger partial charge is 0.385 e. The summed E-state index contributed by atoms with van der Waals surface area (Å²) in [6.45, 7) is 2.11. The van der Waals surface area contributed by atoms with Crippen LogP contribution in [0.5, 0.6) is 0 Å². The molecule has 1 N–H and O–H groups in total. The molecule has 3 heteroatoms. The molecule has 0 fully saturated rings. The van der Waals surface area contributed by atoms with Crippen LogP contribution in [0.1, 0.15) is 30.2 Å². The van der Waals surface area contributed by atoms with Gasteiger partial charge in [-0.25, -0.2) is 0 Å². The van der Waals surface area contributed by atoms with Crippen LogP contribution in [0.3, 0.4) is 0 Å². The van der Waals surface area contributed by atoms with E-state index >= 15 is 0 Å². The highest BCUT2D eigenvalue weighted by molar-refractivity contribution is 9.10. The molecule has 0 aliphatic carbocycles. The van der Waals surface area contributed by atoms with Gasteiger partial charge in [0.05, 0.1) is 5.60 Å². The molecule has 0 aliphatic heterocycles. The number of rotatable bonds is 5. The molecule has 1 aromatic heterocycles. The summed E-state index contributed by atoms with van der Waals surface area (Å²) in [4.78, 5) is 1.20. The van der Waals surface area contributed by atoms with E-state index in [0.717, 1.165) is 22.9 Å². The average molecular weight is 325 g/mol. The Kier molecular flexibility index (Phi) is 4.60. The van der Waals surface area contributed by atoms with Gasteiger partial charge in [0.15, 0.2) is 0 Å². The second kappa shape index (κ2) is 6.00. The Bertz CT molecular complexity index is 494. The fourth-order valence-electron chi connectivity index (χ4n) is 2.21. The molecule has 1 aromatic carbocycles. The molecule has 2 rings (SSSR count). The van der Waals surface area contributed by atoms with Crippen molar-refractivity contribution in [2.75, 3.05) is 0 Å². The maximum absolute atomic E-state index is 11.0. The molecular weight excluding hydrogens is 308 g/mol. The Labute approximate surface area is 121 Å². The second-order valence-corrected chi connectivity index (χ2v) is 6.37. The Balaban J connectivity index is 2.30. The predicted octanol–water partition coefficient (Wildman–Crippen LogP) is 4.74. The highest BCUT2D eigenvalue weighted by Gasteiger charge is 2.29. The third-order valence-corrected chi connectivity index (χ3v) is 5.05. The summed E-state index contributed by atoms with van der Waals surface area (Å²) >= 11 is 5.23. The molecule has 0 saturated carbocycles. The first-order chi connectivity index (χ1) is 8.65. The number of thiophene rings is 1. The van der Waals surface area contributed by atoms with Crippen molar-refractivity contribution in [3.05, 3.63) is 56.7 Å². The van der Waals surface area contributed by atoms with Crippen molar-refractivity contribution in [2.24, 2.45) is 0 Å². The van der Waals surface area contributed by atoms with E-state index < -0.39 is 5.60 Å². The molecule has 1 unspecified atom stereocenters. The molecule has 0 saturated heterocycles. The van der Waals surface area contributed by atoms with E-state index in [2.05, 4.69) is 28.2 Å². The molecule has 96 valence electrons. The van der Waals surface area contributed by atoms with Crippen molar-refractivity contribution in [1.29, 1.82) is 0 Å². The maximum atomic E-state index is 11.0. The summed E-state index contributed by atoms with van der Waals surface area (Å²) in [6, 6.07) is 12.0. The molecule has 0 spiro atoms. The number of hydrogen-bond donors (Lipinski definition) is 1. The van der Waals surface area contributed by atoms with E-state index in [1.165, 1.54) is 4.88 Å². The molecule has 1 heterocycles. The van der Waals surface area contributed by atoms with E-state index in [-0.39, 0.29) is 0 Å². The topological polar surface area (TPSA) is 20.2 Å². The first-order valence-electron chi connectivity index (χ1n) is 6.15. The maximum Gasteiger partial charge on any atom is 0.0944 e. The average Bonchev–Trinajstić information content (AvgIpc) is 2.76. The number of halogens is 1. The van der Waals surface area contributed by atoms with Crippen LogP contribution in [0.4, 0.5) is 0 Å². The molecular formula is C15H17BrOS. The van der Waals surface area contributed by atoms with E-state index in [9.17, 15) is 5.11 Å². The fraction of sp³-hybridized carbons (Fsp3) is 0.333. The lowest BCUT2D eigenvalue weighted by molar-refractivity contribution is 0.0275. The van der Waals surface area contributed by atoms with Gasteiger partial charge in [0.1, 0.15) is 0 Å². The van der Waals surface area contributed by atoms with Crippen LogP contribution < -0.4 is 0 Å². The van der Waals surface area contributed by atoms with Gasteiger partial charge in [0.25, 0.3) is 0 Å². The van der Waals surface area contributed by atoms with Gasteiger partial charge in [0, 0.05) is 15.8 Å². The first kappa shape index (κ1) is 13.8. The molecule has 0 amide bonds. The minimum absolute atomic E-state index is 0.670. The van der Waals surface area contributed by atoms with Gasteiger partial charge in [0.2, 0.25) is 0 Å². The third kappa shape index (κ3) is 3.02. The monoisotopic (exact) mass is 324 g/mol. The highest BCUT2D eigenvalue weighted by atomic mass is 79.9. The van der Waals surface area contributed by atoms with Crippen molar-refractivity contribution in [3.8, 4) is 0 Å². The zero-order chi connectivity index (χ0) is 13.0. The van der Waals surface area contributed by atoms with Gasteiger partial charge in [-0.05, 0) is 39.4 Å². The Hall–Kier alpha value is -0.640. The first-order valence-corrected chi connectivity index (χ1v) is 7.83. The van der Waals surface area contributed by atoms with Crippen LogP contribution in [-0.2, 0) is 12.0 Å². The van der Waals surface area contributed by atoms with E-state index in [1.54, 1.807) is 11.3 Å². The Morgan fingerprint density at radius 1 is 1.22 bits per heavy atom. The second-order valence-electron chi connectivity index (χ2n) is 4.52. The normalized spacial score (nSPS) is 14.4. The van der Waals surface area contributed by atoms with Crippen molar-refractivity contribution in [1.82, 2.24) is 0 Å². The van der Waals surface area contributed by atoms with E-state index in [4.69, 9.17) is 0 Å². The van der Waals surface area contributed by atoms with Gasteiger partial charge in [-0.3, -0.25) is 0 Å². The number of benzene rings is 1. The van der Waals surface area contributed by atoms with Gasteiger partial charge >= 0.3 is 0 Å². The van der Waals surface area contributed by atoms with Crippen LogP contribution in [0.15, 0.2) is 46.3 Å². The summed E-state index contributed by atoms with van der Waals surface area (Å²) < 4.78 is 1.10. The molecule has 0 radical (unpaired) electrons. The van der Waals surface area contributed by atoms with Crippen LogP contribution in [0.25, 0.3) is 0 Å². The lowest BCUT2D eigenvalue weighted by Crippen LogP contribution is -2.28. The smallest absolute Gasteiger partial charge is 0.0944 e. The van der Waals surface area contributed by atoms with Crippen LogP contribution >= 0.6 is 27.3 Å². The highest BCUT2D eigenvalue weighted by Crippen LogP contribution is 2.35. The third-order valence-electron chi connectivity index (χ3n) is 3.12. The Morgan fingerprint density at radius 3 is 2.50 bits per heavy atom. The van der Waals surface area contributed by atoms with Gasteiger partial charge < -0.3 is 5.11 Å². The summed E-state index contributed by atoms with van der Waals surface area (Å²) in [5.41, 5.74) is 0.246. The van der Waals surface area contributed by atoms with Crippen LogP contribution in [-0.4, -0.2) is 5.11 Å². The van der Waals surface area contributed by atoms with Crippen LogP contribution in [0.2, 0.25) is 0 Å². The zero-order valence-electron chi connectivity index (χ0n) is 10.4. The van der Waals surface area contributed by atoms with Crippen molar-refractivity contribution >= 4 is 27.3 Å². The van der Waals surface area contributed by atoms with Gasteiger partial charge in [-0.2, -0.15) is 0 Å². The lowest BCUT2D eigenvalue weighted by Gasteiger charge is -2.28. The summed E-state index contributed by atoms with van der Waals surface area (Å²) in [5, 5.41) is 13.0. The SMILES string of the molecule is CCCC(O)(Cc1sccc1Br)c1ccccc1. The summed E-state index contributed by atoms with van der Waals surface area (Å²) in [6.07, 6.45) is 2.42. The molecule has 1 nitrogen and oxygen atoms in total. The number of hydrogen-bond acceptors (Lipinski definition) is 2. The van der Waals surface area contributed by atoms with Gasteiger partial charge in [-0.1, -0.05) is 43.7 Å². The minimum Gasteiger partial charge on any atom is -0.385 e. The van der Waals surface area contributed by atoms with Gasteiger partial charge in [-0.15, -0.1) is 11.3 Å². The molecule has 18 heavy (non-hydrogen) atoms. The van der Waals surface area contributed by atoms with Crippen molar-refractivity contribution in [3.63, 3.8) is 0 Å². The fourth-order valence-corrected chi connectivity index (χ4v) is 3.81. The zero-order valence-corrected chi connectivity index (χ0v) is 12.8. The minimum atomic E-state index is -0.761. The van der Waals surface area contributed by atoms with E-state index in [1.807, 2.05) is 36.4 Å². The van der Waals surface area contributed by atoms with Crippen molar-refractivity contribution < 1.29 is 5.11 Å². The standard InChI is InChI=1S/C15H17BrOS/c1-2-9-15(17,12-6-4-3-5-7-12)11-14-13(16)8-10-18-14/h3-8,10,17H,2,9,11H2,1H3. The van der Waals surface area contributed by atoms with Crippen LogP contribution in [0, 0.1) is 0 Å².